The highest BCUT2D eigenvalue weighted by atomic mass is 16.7. The summed E-state index contributed by atoms with van der Waals surface area (Å²) < 4.78 is 0. The van der Waals surface area contributed by atoms with Gasteiger partial charge in [0, 0.05) is 0 Å². The number of nitro groups is 2. The summed E-state index contributed by atoms with van der Waals surface area (Å²) >= 11 is 0. The number of rotatable bonds is 5. The molecule has 1 aromatic carbocycles. The van der Waals surface area contributed by atoms with Gasteiger partial charge in [0.2, 0.25) is 0 Å². The van der Waals surface area contributed by atoms with Gasteiger partial charge in [-0.25, -0.2) is 0 Å². The second kappa shape index (κ2) is 6.74. The molecule has 0 aromatic heterocycles. The van der Waals surface area contributed by atoms with Crippen LogP contribution in [-0.2, 0) is 0 Å². The van der Waals surface area contributed by atoms with E-state index in [-0.39, 0.29) is 0 Å². The zero-order chi connectivity index (χ0) is 13.4. The maximum atomic E-state index is 10.3. The number of hydrogen-bond donors (Lipinski definition) is 0. The number of allylic oxidation sites excluding steroid dienone is 4. The number of hydrogen-bond acceptors (Lipinski definition) is 4. The topological polar surface area (TPSA) is 86.3 Å². The maximum absolute atomic E-state index is 10.3. The number of nitrogens with zero attached hydrogens (tertiary/aromatic N) is 2. The van der Waals surface area contributed by atoms with Gasteiger partial charge in [-0.1, -0.05) is 48.6 Å². The van der Waals surface area contributed by atoms with Gasteiger partial charge in [-0.3, -0.25) is 20.2 Å². The monoisotopic (exact) mass is 246 g/mol. The Hall–Kier alpha value is -2.76. The van der Waals surface area contributed by atoms with Crippen LogP contribution in [0.1, 0.15) is 5.56 Å². The van der Waals surface area contributed by atoms with E-state index < -0.39 is 15.7 Å². The van der Waals surface area contributed by atoms with Gasteiger partial charge in [-0.05, 0) is 11.6 Å². The second-order valence-corrected chi connectivity index (χ2v) is 3.19. The van der Waals surface area contributed by atoms with Crippen LogP contribution in [0.5, 0.6) is 0 Å². The van der Waals surface area contributed by atoms with Gasteiger partial charge < -0.3 is 0 Å². The van der Waals surface area contributed by atoms with E-state index in [9.17, 15) is 20.2 Å². The lowest BCUT2D eigenvalue weighted by Gasteiger charge is -1.88. The molecule has 0 aliphatic heterocycles. The van der Waals surface area contributed by atoms with E-state index in [0.717, 1.165) is 11.6 Å². The number of benzene rings is 1. The minimum atomic E-state index is -1.06. The van der Waals surface area contributed by atoms with Crippen LogP contribution in [0.2, 0.25) is 0 Å². The Labute approximate surface area is 103 Å². The molecule has 0 amide bonds. The van der Waals surface area contributed by atoms with Crippen molar-refractivity contribution in [3.05, 3.63) is 86.2 Å². The van der Waals surface area contributed by atoms with Crippen molar-refractivity contribution in [2.24, 2.45) is 0 Å². The first-order chi connectivity index (χ1) is 8.61. The van der Waals surface area contributed by atoms with Crippen LogP contribution < -0.4 is 0 Å². The summed E-state index contributed by atoms with van der Waals surface area (Å²) in [6.07, 6.45) is 7.00. The van der Waals surface area contributed by atoms with Crippen molar-refractivity contribution in [3.8, 4) is 0 Å². The minimum absolute atomic E-state index is 0.843. The molecular weight excluding hydrogens is 236 g/mol. The van der Waals surface area contributed by atoms with Crippen LogP contribution in [0.25, 0.3) is 6.08 Å². The third-order valence-corrected chi connectivity index (χ3v) is 1.93. The molecule has 1 rings (SSSR count). The fourth-order valence-electron chi connectivity index (χ4n) is 1.12. The second-order valence-electron chi connectivity index (χ2n) is 3.19. The largest absolute Gasteiger partial charge is 0.558 e. The molecule has 0 saturated heterocycles. The zero-order valence-corrected chi connectivity index (χ0v) is 9.30. The Morgan fingerprint density at radius 1 is 0.944 bits per heavy atom. The summed E-state index contributed by atoms with van der Waals surface area (Å²) in [5.74, 6) is -1.06. The molecule has 0 N–H and O–H groups in total. The minimum Gasteiger partial charge on any atom is -0.253 e. The molecule has 0 atom stereocenters. The van der Waals surface area contributed by atoms with E-state index in [1.54, 1.807) is 12.2 Å². The van der Waals surface area contributed by atoms with Crippen molar-refractivity contribution in [1.29, 1.82) is 0 Å². The summed E-state index contributed by atoms with van der Waals surface area (Å²) in [4.78, 5) is 18.5. The molecule has 0 saturated carbocycles. The fourth-order valence-corrected chi connectivity index (χ4v) is 1.12. The lowest BCUT2D eigenvalue weighted by atomic mass is 10.2. The first-order valence-corrected chi connectivity index (χ1v) is 5.00. The van der Waals surface area contributed by atoms with Crippen molar-refractivity contribution in [2.75, 3.05) is 0 Å². The predicted molar refractivity (Wildman–Crippen MR) is 66.7 cm³/mol. The highest BCUT2D eigenvalue weighted by Gasteiger charge is 2.22. The van der Waals surface area contributed by atoms with Crippen LogP contribution in [0.15, 0.2) is 60.5 Å². The first kappa shape index (κ1) is 13.3. The molecule has 0 fully saturated rings. The lowest BCUT2D eigenvalue weighted by Crippen LogP contribution is -2.08. The van der Waals surface area contributed by atoms with Crippen molar-refractivity contribution in [2.45, 2.75) is 0 Å². The quantitative estimate of drug-likeness (QED) is 0.454. The average Bonchev–Trinajstić information content (AvgIpc) is 2.34. The van der Waals surface area contributed by atoms with Gasteiger partial charge in [0.25, 0.3) is 0 Å². The van der Waals surface area contributed by atoms with E-state index in [1.807, 2.05) is 30.3 Å². The Bertz CT molecular complexity index is 502. The Balaban J connectivity index is 2.66. The fraction of sp³-hybridized carbons (Fsp3) is 0. The van der Waals surface area contributed by atoms with E-state index in [1.165, 1.54) is 12.2 Å². The van der Waals surface area contributed by atoms with E-state index in [2.05, 4.69) is 0 Å². The highest BCUT2D eigenvalue weighted by Crippen LogP contribution is 2.01. The van der Waals surface area contributed by atoms with Crippen LogP contribution in [0, 0.1) is 20.2 Å². The van der Waals surface area contributed by atoms with Crippen molar-refractivity contribution in [1.82, 2.24) is 0 Å². The van der Waals surface area contributed by atoms with Crippen LogP contribution >= 0.6 is 0 Å². The molecule has 0 radical (unpaired) electrons. The smallest absolute Gasteiger partial charge is 0.253 e. The molecule has 0 bridgehead atoms. The third kappa shape index (κ3) is 4.40. The van der Waals surface area contributed by atoms with Crippen molar-refractivity contribution in [3.63, 3.8) is 0 Å². The molecule has 0 aliphatic carbocycles. The van der Waals surface area contributed by atoms with Gasteiger partial charge in [0.1, 0.15) is 9.85 Å². The Morgan fingerprint density at radius 3 is 2.11 bits per heavy atom. The van der Waals surface area contributed by atoms with E-state index in [4.69, 9.17) is 0 Å². The molecule has 1 aromatic rings. The molecule has 92 valence electrons. The average molecular weight is 246 g/mol. The summed E-state index contributed by atoms with van der Waals surface area (Å²) in [6, 6.07) is 9.41. The molecule has 18 heavy (non-hydrogen) atoms. The maximum Gasteiger partial charge on any atom is 0.558 e. The molecule has 0 spiro atoms. The summed E-state index contributed by atoms with van der Waals surface area (Å²) in [6.45, 7) is 0. The predicted octanol–water partition coefficient (Wildman–Crippen LogP) is 2.65. The van der Waals surface area contributed by atoms with Crippen LogP contribution in [0.4, 0.5) is 0 Å². The Morgan fingerprint density at radius 2 is 1.56 bits per heavy atom. The summed E-state index contributed by atoms with van der Waals surface area (Å²) in [5.41, 5.74) is 0.968. The standard InChI is InChI=1S/C12H10N2O4/c15-13(16)12(14(17)18)10-6-2-5-9-11-7-3-1-4-8-11/h1-10H. The first-order valence-electron chi connectivity index (χ1n) is 5.00. The summed E-state index contributed by atoms with van der Waals surface area (Å²) in [7, 11) is 0. The highest BCUT2D eigenvalue weighted by molar-refractivity contribution is 5.50. The third-order valence-electron chi connectivity index (χ3n) is 1.93. The van der Waals surface area contributed by atoms with Crippen LogP contribution in [-0.4, -0.2) is 9.85 Å². The molecule has 0 aliphatic rings. The molecule has 0 unspecified atom stereocenters. The van der Waals surface area contributed by atoms with Gasteiger partial charge in [0.05, 0.1) is 6.08 Å². The molecule has 6 heteroatoms. The van der Waals surface area contributed by atoms with Gasteiger partial charge in [0.15, 0.2) is 0 Å². The zero-order valence-electron chi connectivity index (χ0n) is 9.30. The molecule has 6 nitrogen and oxygen atoms in total. The van der Waals surface area contributed by atoms with Gasteiger partial charge in [-0.15, -0.1) is 0 Å². The van der Waals surface area contributed by atoms with Crippen molar-refractivity contribution < 1.29 is 9.85 Å². The lowest BCUT2D eigenvalue weighted by molar-refractivity contribution is -0.615. The molecule has 0 heterocycles. The SMILES string of the molecule is O=[N+]([O-])C(=CC=CC=Cc1ccccc1)[N+](=O)[O-]. The Kier molecular flexibility index (Phi) is 4.98. The van der Waals surface area contributed by atoms with E-state index >= 15 is 0 Å². The molecular formula is C12H10N2O4. The normalized spacial score (nSPS) is 10.7. The van der Waals surface area contributed by atoms with E-state index in [0.29, 0.717) is 0 Å². The van der Waals surface area contributed by atoms with Crippen molar-refractivity contribution >= 4 is 6.08 Å². The summed E-state index contributed by atoms with van der Waals surface area (Å²) in [5, 5.41) is 20.5. The van der Waals surface area contributed by atoms with Gasteiger partial charge >= 0.3 is 5.82 Å². The van der Waals surface area contributed by atoms with Gasteiger partial charge in [-0.2, -0.15) is 0 Å². The van der Waals surface area contributed by atoms with Crippen LogP contribution in [0.3, 0.4) is 0 Å².